The highest BCUT2D eigenvalue weighted by Gasteiger charge is 2.36. The first-order valence-corrected chi connectivity index (χ1v) is 7.16. The van der Waals surface area contributed by atoms with Crippen molar-refractivity contribution in [2.75, 3.05) is 0 Å². The highest BCUT2D eigenvalue weighted by atomic mass is 16.5. The van der Waals surface area contributed by atoms with Crippen molar-refractivity contribution < 1.29 is 4.74 Å². The highest BCUT2D eigenvalue weighted by molar-refractivity contribution is 5.99. The first-order chi connectivity index (χ1) is 10.3. The highest BCUT2D eigenvalue weighted by Crippen LogP contribution is 2.49. The minimum Gasteiger partial charge on any atom is -0.357 e. The zero-order chi connectivity index (χ0) is 14.0. The maximum Gasteiger partial charge on any atom is 0.194 e. The van der Waals surface area contributed by atoms with E-state index in [4.69, 9.17) is 4.74 Å². The predicted molar refractivity (Wildman–Crippen MR) is 83.4 cm³/mol. The van der Waals surface area contributed by atoms with E-state index in [1.165, 1.54) is 0 Å². The van der Waals surface area contributed by atoms with Crippen LogP contribution in [0.1, 0.15) is 23.3 Å². The van der Waals surface area contributed by atoms with Crippen molar-refractivity contribution in [3.8, 4) is 0 Å². The molecule has 0 amide bonds. The van der Waals surface area contributed by atoms with Crippen molar-refractivity contribution >= 4 is 21.5 Å². The summed E-state index contributed by atoms with van der Waals surface area (Å²) in [6.07, 6.45) is 4.15. The summed E-state index contributed by atoms with van der Waals surface area (Å²) in [6.45, 7) is 0. The van der Waals surface area contributed by atoms with Crippen molar-refractivity contribution in [2.24, 2.45) is 0 Å². The lowest BCUT2D eigenvalue weighted by atomic mass is 9.93. The van der Waals surface area contributed by atoms with E-state index in [2.05, 4.69) is 12.2 Å². The third-order valence-corrected chi connectivity index (χ3v) is 4.54. The Bertz CT molecular complexity index is 924. The predicted octanol–water partition coefficient (Wildman–Crippen LogP) is 4.04. The molecular formula is C19H12O2. The fourth-order valence-corrected chi connectivity index (χ4v) is 3.66. The molecule has 0 radical (unpaired) electrons. The van der Waals surface area contributed by atoms with Crippen LogP contribution in [0.5, 0.6) is 0 Å². The van der Waals surface area contributed by atoms with Gasteiger partial charge >= 0.3 is 0 Å². The van der Waals surface area contributed by atoms with Crippen molar-refractivity contribution in [3.05, 3.63) is 82.0 Å². The van der Waals surface area contributed by atoms with Crippen molar-refractivity contribution in [3.63, 3.8) is 0 Å². The van der Waals surface area contributed by atoms with Crippen molar-refractivity contribution in [1.29, 1.82) is 0 Å². The molecular weight excluding hydrogens is 260 g/mol. The van der Waals surface area contributed by atoms with Gasteiger partial charge in [0.05, 0.1) is 0 Å². The number of ether oxygens (including phenoxy) is 1. The average Bonchev–Trinajstić information content (AvgIpc) is 3.12. The fraction of sp³-hybridized carbons (Fsp3) is 0.105. The number of hydrogen-bond donors (Lipinski definition) is 0. The van der Waals surface area contributed by atoms with Crippen LogP contribution in [-0.4, -0.2) is 0 Å². The third kappa shape index (κ3) is 1.33. The zero-order valence-electron chi connectivity index (χ0n) is 11.2. The second-order valence-corrected chi connectivity index (χ2v) is 5.61. The van der Waals surface area contributed by atoms with Crippen LogP contribution >= 0.6 is 0 Å². The number of benzene rings is 2. The van der Waals surface area contributed by atoms with Crippen LogP contribution < -0.4 is 5.43 Å². The van der Waals surface area contributed by atoms with E-state index in [1.54, 1.807) is 0 Å². The Hall–Kier alpha value is -2.45. The largest absolute Gasteiger partial charge is 0.357 e. The fourth-order valence-electron chi connectivity index (χ4n) is 3.66. The van der Waals surface area contributed by atoms with Gasteiger partial charge in [-0.1, -0.05) is 60.7 Å². The quantitative estimate of drug-likeness (QED) is 0.577. The zero-order valence-corrected chi connectivity index (χ0v) is 11.2. The molecule has 2 heteroatoms. The molecule has 0 aromatic heterocycles. The van der Waals surface area contributed by atoms with Crippen LogP contribution in [0.4, 0.5) is 0 Å². The summed E-state index contributed by atoms with van der Waals surface area (Å²) in [4.78, 5) is 12.9. The summed E-state index contributed by atoms with van der Waals surface area (Å²) >= 11 is 0. The lowest BCUT2D eigenvalue weighted by molar-refractivity contribution is 0.0887. The summed E-state index contributed by atoms with van der Waals surface area (Å²) < 4.78 is 6.03. The molecule has 0 saturated heterocycles. The Labute approximate surface area is 121 Å². The van der Waals surface area contributed by atoms with E-state index >= 15 is 0 Å². The Morgan fingerprint density at radius 3 is 1.57 bits per heavy atom. The number of hydrogen-bond acceptors (Lipinski definition) is 2. The molecule has 2 heterocycles. The molecule has 0 N–H and O–H groups in total. The maximum atomic E-state index is 12.9. The summed E-state index contributed by atoms with van der Waals surface area (Å²) in [7, 11) is 0. The Morgan fingerprint density at radius 2 is 1.10 bits per heavy atom. The molecule has 2 atom stereocenters. The summed E-state index contributed by atoms with van der Waals surface area (Å²) in [5.41, 5.74) is 2.43. The topological polar surface area (TPSA) is 26.3 Å². The molecule has 2 aliphatic rings. The van der Waals surface area contributed by atoms with Crippen LogP contribution in [0.2, 0.25) is 0 Å². The molecule has 0 unspecified atom stereocenters. The van der Waals surface area contributed by atoms with Crippen molar-refractivity contribution in [2.45, 2.75) is 12.2 Å². The van der Waals surface area contributed by atoms with E-state index < -0.39 is 0 Å². The van der Waals surface area contributed by atoms with Crippen LogP contribution in [0.25, 0.3) is 21.5 Å². The normalized spacial score (nSPS) is 22.1. The van der Waals surface area contributed by atoms with Gasteiger partial charge in [-0.05, 0) is 21.9 Å². The van der Waals surface area contributed by atoms with Crippen LogP contribution in [0.3, 0.4) is 0 Å². The molecule has 0 spiro atoms. The first kappa shape index (κ1) is 11.2. The molecule has 2 bridgehead atoms. The average molecular weight is 272 g/mol. The molecule has 2 nitrogen and oxygen atoms in total. The van der Waals surface area contributed by atoms with Gasteiger partial charge in [-0.25, -0.2) is 0 Å². The Morgan fingerprint density at radius 1 is 0.667 bits per heavy atom. The summed E-state index contributed by atoms with van der Waals surface area (Å²) in [5, 5.41) is 3.59. The summed E-state index contributed by atoms with van der Waals surface area (Å²) in [5.74, 6) is 0. The maximum absolute atomic E-state index is 12.9. The second-order valence-electron chi connectivity index (χ2n) is 5.61. The summed E-state index contributed by atoms with van der Waals surface area (Å²) in [6, 6.07) is 15.7. The van der Waals surface area contributed by atoms with E-state index in [-0.39, 0.29) is 17.6 Å². The molecule has 0 fully saturated rings. The van der Waals surface area contributed by atoms with Gasteiger partial charge in [0.15, 0.2) is 5.43 Å². The minimum absolute atomic E-state index is 0.0230. The lowest BCUT2D eigenvalue weighted by Gasteiger charge is -2.07. The minimum atomic E-state index is -0.0230. The molecule has 0 saturated carbocycles. The third-order valence-electron chi connectivity index (χ3n) is 4.54. The Kier molecular flexibility index (Phi) is 2.04. The molecule has 3 aromatic rings. The van der Waals surface area contributed by atoms with Crippen LogP contribution in [0.15, 0.2) is 65.5 Å². The van der Waals surface area contributed by atoms with Gasteiger partial charge in [0.2, 0.25) is 0 Å². The lowest BCUT2D eigenvalue weighted by Crippen LogP contribution is -1.99. The van der Waals surface area contributed by atoms with Gasteiger partial charge in [-0.3, -0.25) is 4.79 Å². The van der Waals surface area contributed by atoms with E-state index in [9.17, 15) is 4.79 Å². The molecule has 0 aliphatic carbocycles. The van der Waals surface area contributed by atoms with Crippen LogP contribution in [0, 0.1) is 0 Å². The van der Waals surface area contributed by atoms with Crippen molar-refractivity contribution in [1.82, 2.24) is 0 Å². The van der Waals surface area contributed by atoms with E-state index in [0.29, 0.717) is 0 Å². The second kappa shape index (κ2) is 3.80. The van der Waals surface area contributed by atoms with Gasteiger partial charge in [0.25, 0.3) is 0 Å². The smallest absolute Gasteiger partial charge is 0.194 e. The molecule has 5 rings (SSSR count). The van der Waals surface area contributed by atoms with Gasteiger partial charge in [0.1, 0.15) is 12.2 Å². The number of fused-ring (bicyclic) bond motifs is 9. The molecule has 3 aromatic carbocycles. The van der Waals surface area contributed by atoms with Crippen LogP contribution in [-0.2, 0) is 4.74 Å². The van der Waals surface area contributed by atoms with Gasteiger partial charge in [-0.15, -0.1) is 0 Å². The van der Waals surface area contributed by atoms with E-state index in [1.807, 2.05) is 48.5 Å². The van der Waals surface area contributed by atoms with E-state index in [0.717, 1.165) is 32.7 Å². The molecule has 100 valence electrons. The number of rotatable bonds is 0. The monoisotopic (exact) mass is 272 g/mol. The van der Waals surface area contributed by atoms with Gasteiger partial charge in [-0.2, -0.15) is 0 Å². The standard InChI is InChI=1S/C19H12O2/c20-19-13-7-3-1-5-11(13)17-15-9-10-16(21-15)18(17)12-6-2-4-8-14(12)19/h1-10,15-16H/t15-,16-/m1/s1. The first-order valence-electron chi connectivity index (χ1n) is 7.16. The van der Waals surface area contributed by atoms with Gasteiger partial charge in [0, 0.05) is 10.8 Å². The van der Waals surface area contributed by atoms with Gasteiger partial charge < -0.3 is 4.74 Å². The molecule has 2 aliphatic heterocycles. The Balaban J connectivity index is 2.17. The SMILES string of the molecule is O=c1c2ccccc2c2c(c3ccccc13)[C@H]1C=C[C@H]2O1. The molecule has 21 heavy (non-hydrogen) atoms.